The Morgan fingerprint density at radius 1 is 1.42 bits per heavy atom. The van der Waals surface area contributed by atoms with Crippen molar-refractivity contribution in [1.29, 1.82) is 0 Å². The molecule has 0 nitrogen and oxygen atoms in total. The van der Waals surface area contributed by atoms with Gasteiger partial charge < -0.3 is 24.8 Å². The molecule has 0 spiro atoms. The van der Waals surface area contributed by atoms with Gasteiger partial charge in [0.1, 0.15) is 0 Å². The molecule has 12 heavy (non-hydrogen) atoms. The van der Waals surface area contributed by atoms with Crippen LogP contribution >= 0.6 is 0 Å². The van der Waals surface area contributed by atoms with E-state index in [1.54, 1.807) is 8.90 Å². The maximum Gasteiger partial charge on any atom is -1.00 e. The van der Waals surface area contributed by atoms with Crippen LogP contribution in [0.2, 0.25) is 0 Å². The van der Waals surface area contributed by atoms with Gasteiger partial charge in [-0.1, -0.05) is 0 Å². The molecule has 0 bridgehead atoms. The quantitative estimate of drug-likeness (QED) is 0.463. The van der Waals surface area contributed by atoms with Crippen LogP contribution in [-0.4, -0.2) is 0 Å². The molecule has 0 aromatic carbocycles. The monoisotopic (exact) mass is 371 g/mol. The van der Waals surface area contributed by atoms with Crippen molar-refractivity contribution in [1.82, 2.24) is 0 Å². The Morgan fingerprint density at radius 2 is 2.08 bits per heavy atom. The van der Waals surface area contributed by atoms with E-state index in [9.17, 15) is 0 Å². The molecule has 67 valence electrons. The van der Waals surface area contributed by atoms with Crippen LogP contribution < -0.4 is 24.8 Å². The predicted molar refractivity (Wildman–Crippen MR) is 40.3 cm³/mol. The van der Waals surface area contributed by atoms with E-state index < -0.39 is 0 Å². The van der Waals surface area contributed by atoms with Crippen LogP contribution in [0.5, 0.6) is 0 Å². The molecule has 0 aromatic heterocycles. The van der Waals surface area contributed by atoms with Gasteiger partial charge in [0.2, 0.25) is 0 Å². The minimum Gasteiger partial charge on any atom is -1.00 e. The first-order valence-corrected chi connectivity index (χ1v) is 5.74. The zero-order valence-electron chi connectivity index (χ0n) is 7.24. The fourth-order valence-corrected chi connectivity index (χ4v) is 2.41. The number of unbranched alkanes of at least 4 members (excludes halogenated alkanes) is 1. The fourth-order valence-electron chi connectivity index (χ4n) is 1.17. The Labute approximate surface area is 102 Å². The van der Waals surface area contributed by atoms with Gasteiger partial charge in [-0.3, -0.25) is 0 Å². The number of halogens is 2. The Bertz CT molecular complexity index is 173. The van der Waals surface area contributed by atoms with Gasteiger partial charge in [-0.15, -0.1) is 0 Å². The smallest absolute Gasteiger partial charge is 1.00 e. The molecule has 1 rings (SSSR count). The van der Waals surface area contributed by atoms with E-state index >= 15 is 0 Å². The molecule has 0 saturated heterocycles. The summed E-state index contributed by atoms with van der Waals surface area (Å²) in [7, 11) is 0. The van der Waals surface area contributed by atoms with E-state index in [1.807, 2.05) is 0 Å². The van der Waals surface area contributed by atoms with Gasteiger partial charge in [-0.25, -0.2) is 0 Å². The summed E-state index contributed by atoms with van der Waals surface area (Å²) in [4.78, 5) is 0. The molecule has 0 heterocycles. The second-order valence-corrected chi connectivity index (χ2v) is 4.66. The zero-order valence-corrected chi connectivity index (χ0v) is 12.3. The molecule has 0 aromatic rings. The Balaban J connectivity index is 0. The van der Waals surface area contributed by atoms with Crippen LogP contribution in [-0.2, 0) is 24.4 Å². The van der Waals surface area contributed by atoms with E-state index in [0.29, 0.717) is 0 Å². The van der Waals surface area contributed by atoms with Crippen molar-refractivity contribution < 1.29 is 49.2 Å². The van der Waals surface area contributed by atoms with Crippen molar-refractivity contribution in [2.45, 2.75) is 32.6 Å². The van der Waals surface area contributed by atoms with Crippen LogP contribution in [0, 0.1) is 0 Å². The molecule has 0 radical (unpaired) electrons. The second-order valence-electron chi connectivity index (χ2n) is 2.73. The van der Waals surface area contributed by atoms with Crippen LogP contribution in [0.15, 0.2) is 21.1 Å². The molecule has 0 amide bonds. The summed E-state index contributed by atoms with van der Waals surface area (Å²) in [5.74, 6) is 0. The van der Waals surface area contributed by atoms with Gasteiger partial charge in [-0.05, 0) is 0 Å². The molecule has 3 heteroatoms. The topological polar surface area (TPSA) is 0 Å². The Hall–Kier alpha value is 0.930. The van der Waals surface area contributed by atoms with Crippen LogP contribution in [0.4, 0.5) is 0 Å². The van der Waals surface area contributed by atoms with E-state index in [0.717, 1.165) is 0 Å². The molecule has 0 fully saturated rings. The molecule has 1 aliphatic carbocycles. The summed E-state index contributed by atoms with van der Waals surface area (Å²) in [5.41, 5.74) is 1.72. The maximum absolute atomic E-state index is 2.30. The van der Waals surface area contributed by atoms with E-state index in [4.69, 9.17) is 0 Å². The van der Waals surface area contributed by atoms with Crippen LogP contribution in [0.3, 0.4) is 0 Å². The van der Waals surface area contributed by atoms with Crippen molar-refractivity contribution in [3.63, 3.8) is 0 Å². The normalized spacial score (nSPS) is 14.2. The van der Waals surface area contributed by atoms with Crippen molar-refractivity contribution in [3.8, 4) is 0 Å². The standard InChI is InChI=1S/C9H13.2ClH.Hf/c1-2-3-6-9-7-4-5-8-9;;;/h4-5H,2-3,6-7H2,1H3;2*1H;/q;;;+2/p-2. The first-order chi connectivity index (χ1) is 4.84. The molecule has 1 aliphatic rings. The largest absolute Gasteiger partial charge is 1.00 e. The summed E-state index contributed by atoms with van der Waals surface area (Å²) >= 11 is 1.25. The van der Waals surface area contributed by atoms with Gasteiger partial charge in [-0.2, -0.15) is 0 Å². The average Bonchev–Trinajstić information content (AvgIpc) is 2.31. The second kappa shape index (κ2) is 8.52. The molecular formula is C9H13Cl2Hf. The number of allylic oxidation sites excluding steroid dienone is 4. The van der Waals surface area contributed by atoms with E-state index in [-0.39, 0.29) is 24.8 Å². The minimum absolute atomic E-state index is 0. The summed E-state index contributed by atoms with van der Waals surface area (Å²) < 4.78 is 1.65. The molecule has 0 saturated carbocycles. The van der Waals surface area contributed by atoms with Gasteiger partial charge >= 0.3 is 78.0 Å². The fraction of sp³-hybridized carbons (Fsp3) is 0.556. The Morgan fingerprint density at radius 3 is 2.50 bits per heavy atom. The van der Waals surface area contributed by atoms with Crippen molar-refractivity contribution >= 4 is 0 Å². The molecular weight excluding hydrogens is 357 g/mol. The first-order valence-electron chi connectivity index (χ1n) is 3.94. The van der Waals surface area contributed by atoms with Gasteiger partial charge in [0.15, 0.2) is 0 Å². The third-order valence-electron chi connectivity index (χ3n) is 1.86. The van der Waals surface area contributed by atoms with Crippen molar-refractivity contribution in [2.24, 2.45) is 0 Å². The molecule has 0 aliphatic heterocycles. The van der Waals surface area contributed by atoms with Gasteiger partial charge in [0, 0.05) is 0 Å². The molecule has 0 atom stereocenters. The molecule has 0 N–H and O–H groups in total. The van der Waals surface area contributed by atoms with Gasteiger partial charge in [0.05, 0.1) is 0 Å². The number of rotatable bonds is 3. The third kappa shape index (κ3) is 4.84. The summed E-state index contributed by atoms with van der Waals surface area (Å²) in [6, 6.07) is 0. The van der Waals surface area contributed by atoms with Crippen LogP contribution in [0.25, 0.3) is 0 Å². The van der Waals surface area contributed by atoms with E-state index in [2.05, 4.69) is 19.1 Å². The molecule has 0 unspecified atom stereocenters. The predicted octanol–water partition coefficient (Wildman–Crippen LogP) is -3.05. The average molecular weight is 371 g/mol. The maximum atomic E-state index is 2.30. The van der Waals surface area contributed by atoms with Crippen LogP contribution in [0.1, 0.15) is 32.6 Å². The summed E-state index contributed by atoms with van der Waals surface area (Å²) in [6.07, 6.45) is 9.91. The minimum atomic E-state index is 0. The SMILES string of the molecule is CCCCC1=[C]([Hf+2])C=CC1.[Cl-].[Cl-]. The van der Waals surface area contributed by atoms with Crippen molar-refractivity contribution in [3.05, 3.63) is 21.1 Å². The number of hydrogen-bond donors (Lipinski definition) is 0. The Kier molecular flexibility index (Phi) is 10.9. The summed E-state index contributed by atoms with van der Waals surface area (Å²) in [5, 5.41) is 0. The zero-order chi connectivity index (χ0) is 7.40. The van der Waals surface area contributed by atoms with Gasteiger partial charge in [0.25, 0.3) is 0 Å². The third-order valence-corrected chi connectivity index (χ3v) is 3.73. The summed E-state index contributed by atoms with van der Waals surface area (Å²) in [6.45, 7) is 2.26. The van der Waals surface area contributed by atoms with E-state index in [1.165, 1.54) is 50.1 Å². The van der Waals surface area contributed by atoms with Crippen molar-refractivity contribution in [2.75, 3.05) is 0 Å². The first kappa shape index (κ1) is 15.4. The number of hydrogen-bond acceptors (Lipinski definition) is 0.